The molecule has 4 nitrogen and oxygen atoms in total. The van der Waals surface area contributed by atoms with Crippen LogP contribution in [0.15, 0.2) is 22.7 Å². The Labute approximate surface area is 92.5 Å². The van der Waals surface area contributed by atoms with E-state index in [2.05, 4.69) is 15.5 Å². The van der Waals surface area contributed by atoms with Gasteiger partial charge in [-0.05, 0) is 31.7 Å². The molecular formula is C11H12FN3O. The summed E-state index contributed by atoms with van der Waals surface area (Å²) in [5.41, 5.74) is 1.57. The van der Waals surface area contributed by atoms with Crippen LogP contribution < -0.4 is 5.32 Å². The van der Waals surface area contributed by atoms with Gasteiger partial charge in [-0.2, -0.15) is 4.98 Å². The second-order valence-electron chi connectivity index (χ2n) is 3.50. The van der Waals surface area contributed by atoms with Crippen LogP contribution in [0, 0.1) is 12.7 Å². The van der Waals surface area contributed by atoms with Crippen LogP contribution in [0.2, 0.25) is 0 Å². The van der Waals surface area contributed by atoms with E-state index in [4.69, 9.17) is 4.52 Å². The fraction of sp³-hybridized carbons (Fsp3) is 0.273. The van der Waals surface area contributed by atoms with E-state index in [9.17, 15) is 4.39 Å². The molecule has 0 saturated carbocycles. The van der Waals surface area contributed by atoms with Crippen molar-refractivity contribution in [2.24, 2.45) is 0 Å². The summed E-state index contributed by atoms with van der Waals surface area (Å²) in [6.45, 7) is 2.38. The van der Waals surface area contributed by atoms with Gasteiger partial charge in [0.25, 0.3) is 0 Å². The van der Waals surface area contributed by atoms with Gasteiger partial charge in [-0.15, -0.1) is 0 Å². The first-order valence-corrected chi connectivity index (χ1v) is 4.94. The average Bonchev–Trinajstić information content (AvgIpc) is 2.71. The Balaban J connectivity index is 2.38. The lowest BCUT2D eigenvalue weighted by Crippen LogP contribution is -2.04. The topological polar surface area (TPSA) is 51.0 Å². The molecule has 0 atom stereocenters. The Morgan fingerprint density at radius 3 is 3.00 bits per heavy atom. The lowest BCUT2D eigenvalue weighted by Gasteiger charge is -1.99. The molecule has 0 saturated heterocycles. The Hall–Kier alpha value is -1.75. The highest BCUT2D eigenvalue weighted by Gasteiger charge is 2.10. The van der Waals surface area contributed by atoms with Crippen LogP contribution in [-0.4, -0.2) is 17.2 Å². The lowest BCUT2D eigenvalue weighted by atomic mass is 10.1. The third-order valence-corrected chi connectivity index (χ3v) is 2.24. The number of hydrogen-bond donors (Lipinski definition) is 1. The predicted octanol–water partition coefficient (Wildman–Crippen LogP) is 1.90. The highest BCUT2D eigenvalue weighted by molar-refractivity contribution is 5.59. The third kappa shape index (κ3) is 2.09. The first-order chi connectivity index (χ1) is 7.70. The molecule has 1 heterocycles. The van der Waals surface area contributed by atoms with Gasteiger partial charge in [-0.3, -0.25) is 0 Å². The zero-order valence-electron chi connectivity index (χ0n) is 9.12. The molecule has 1 N–H and O–H groups in total. The van der Waals surface area contributed by atoms with Gasteiger partial charge in [0.1, 0.15) is 5.82 Å². The summed E-state index contributed by atoms with van der Waals surface area (Å²) in [6.07, 6.45) is 0. The van der Waals surface area contributed by atoms with Gasteiger partial charge in [0.2, 0.25) is 11.7 Å². The molecule has 0 spiro atoms. The van der Waals surface area contributed by atoms with Gasteiger partial charge < -0.3 is 9.84 Å². The van der Waals surface area contributed by atoms with Crippen molar-refractivity contribution >= 4 is 0 Å². The number of nitrogens with one attached hydrogen (secondary N) is 1. The number of aryl methyl sites for hydroxylation is 1. The van der Waals surface area contributed by atoms with E-state index >= 15 is 0 Å². The number of halogens is 1. The van der Waals surface area contributed by atoms with Gasteiger partial charge in [-0.25, -0.2) is 4.39 Å². The quantitative estimate of drug-likeness (QED) is 0.860. The van der Waals surface area contributed by atoms with Crippen molar-refractivity contribution in [2.75, 3.05) is 7.05 Å². The number of rotatable bonds is 3. The van der Waals surface area contributed by atoms with Gasteiger partial charge in [-0.1, -0.05) is 11.2 Å². The normalized spacial score (nSPS) is 10.7. The lowest BCUT2D eigenvalue weighted by molar-refractivity contribution is 0.372. The SMILES string of the molecule is CNCc1nc(-c2cc(F)ccc2C)no1. The maximum Gasteiger partial charge on any atom is 0.240 e. The van der Waals surface area contributed by atoms with Crippen LogP contribution in [0.25, 0.3) is 11.4 Å². The summed E-state index contributed by atoms with van der Waals surface area (Å²) in [7, 11) is 1.79. The zero-order valence-corrected chi connectivity index (χ0v) is 9.12. The molecule has 5 heteroatoms. The van der Waals surface area contributed by atoms with Crippen LogP contribution in [0.1, 0.15) is 11.5 Å². The molecule has 2 aromatic rings. The number of nitrogens with zero attached hydrogens (tertiary/aromatic N) is 2. The largest absolute Gasteiger partial charge is 0.338 e. The summed E-state index contributed by atoms with van der Waals surface area (Å²) in [4.78, 5) is 4.17. The van der Waals surface area contributed by atoms with Crippen LogP contribution in [0.5, 0.6) is 0 Å². The molecule has 16 heavy (non-hydrogen) atoms. The summed E-state index contributed by atoms with van der Waals surface area (Å²) in [5.74, 6) is 0.601. The molecule has 0 unspecified atom stereocenters. The minimum Gasteiger partial charge on any atom is -0.338 e. The van der Waals surface area contributed by atoms with E-state index in [1.165, 1.54) is 12.1 Å². The fourth-order valence-corrected chi connectivity index (χ4v) is 1.42. The Bertz CT molecular complexity index is 496. The van der Waals surface area contributed by atoms with Gasteiger partial charge in [0.05, 0.1) is 6.54 Å². The van der Waals surface area contributed by atoms with E-state index < -0.39 is 0 Å². The molecule has 0 aliphatic heterocycles. The molecule has 2 rings (SSSR count). The minimum absolute atomic E-state index is 0.305. The highest BCUT2D eigenvalue weighted by atomic mass is 19.1. The molecule has 1 aromatic heterocycles. The summed E-state index contributed by atoms with van der Waals surface area (Å²) >= 11 is 0. The Morgan fingerprint density at radius 2 is 2.25 bits per heavy atom. The van der Waals surface area contributed by atoms with Crippen LogP contribution in [0.3, 0.4) is 0 Å². The van der Waals surface area contributed by atoms with Crippen LogP contribution in [0.4, 0.5) is 4.39 Å². The number of hydrogen-bond acceptors (Lipinski definition) is 4. The maximum absolute atomic E-state index is 13.1. The van der Waals surface area contributed by atoms with Crippen LogP contribution in [-0.2, 0) is 6.54 Å². The van der Waals surface area contributed by atoms with Crippen molar-refractivity contribution < 1.29 is 8.91 Å². The minimum atomic E-state index is -0.305. The molecule has 84 valence electrons. The van der Waals surface area contributed by atoms with Crippen molar-refractivity contribution in [3.63, 3.8) is 0 Å². The van der Waals surface area contributed by atoms with E-state index in [1.807, 2.05) is 6.92 Å². The van der Waals surface area contributed by atoms with Gasteiger partial charge in [0.15, 0.2) is 0 Å². The summed E-state index contributed by atoms with van der Waals surface area (Å²) in [6, 6.07) is 4.51. The summed E-state index contributed by atoms with van der Waals surface area (Å²) < 4.78 is 18.1. The smallest absolute Gasteiger partial charge is 0.240 e. The second-order valence-corrected chi connectivity index (χ2v) is 3.50. The van der Waals surface area contributed by atoms with Crippen molar-refractivity contribution in [1.82, 2.24) is 15.5 Å². The monoisotopic (exact) mass is 221 g/mol. The number of benzene rings is 1. The molecule has 0 amide bonds. The van der Waals surface area contributed by atoms with Crippen molar-refractivity contribution in [1.29, 1.82) is 0 Å². The van der Waals surface area contributed by atoms with E-state index in [1.54, 1.807) is 13.1 Å². The predicted molar refractivity (Wildman–Crippen MR) is 57.2 cm³/mol. The highest BCUT2D eigenvalue weighted by Crippen LogP contribution is 2.21. The van der Waals surface area contributed by atoms with Crippen molar-refractivity contribution in [3.05, 3.63) is 35.5 Å². The average molecular weight is 221 g/mol. The molecule has 1 aromatic carbocycles. The second kappa shape index (κ2) is 4.40. The first-order valence-electron chi connectivity index (χ1n) is 4.94. The van der Waals surface area contributed by atoms with E-state index in [0.717, 1.165) is 5.56 Å². The van der Waals surface area contributed by atoms with Crippen LogP contribution >= 0.6 is 0 Å². The Kier molecular flexibility index (Phi) is 2.96. The maximum atomic E-state index is 13.1. The molecule has 0 bridgehead atoms. The van der Waals surface area contributed by atoms with E-state index in [-0.39, 0.29) is 5.82 Å². The zero-order chi connectivity index (χ0) is 11.5. The molecule has 0 aliphatic carbocycles. The standard InChI is InChI=1S/C11H12FN3O/c1-7-3-4-8(12)5-9(7)11-14-10(6-13-2)16-15-11/h3-5,13H,6H2,1-2H3. The summed E-state index contributed by atoms with van der Waals surface area (Å²) in [5, 5.41) is 6.72. The molecule has 0 radical (unpaired) electrons. The van der Waals surface area contributed by atoms with E-state index in [0.29, 0.717) is 23.8 Å². The van der Waals surface area contributed by atoms with Gasteiger partial charge >= 0.3 is 0 Å². The van der Waals surface area contributed by atoms with Gasteiger partial charge in [0, 0.05) is 5.56 Å². The van der Waals surface area contributed by atoms with Crippen molar-refractivity contribution in [2.45, 2.75) is 13.5 Å². The molecular weight excluding hydrogens is 209 g/mol. The number of aromatic nitrogens is 2. The first kappa shape index (κ1) is 10.8. The van der Waals surface area contributed by atoms with Crippen molar-refractivity contribution in [3.8, 4) is 11.4 Å². The molecule has 0 fully saturated rings. The Morgan fingerprint density at radius 1 is 1.44 bits per heavy atom. The third-order valence-electron chi connectivity index (χ3n) is 2.24. The fourth-order valence-electron chi connectivity index (χ4n) is 1.42. The molecule has 0 aliphatic rings.